The molecule has 1 spiro atoms. The fourth-order valence-electron chi connectivity index (χ4n) is 4.10. The Balaban J connectivity index is 1.94. The smallest absolute Gasteiger partial charge is 0.169 e. The zero-order chi connectivity index (χ0) is 10.7. The van der Waals surface area contributed by atoms with E-state index < -0.39 is 0 Å². The van der Waals surface area contributed by atoms with Crippen LogP contribution in [-0.4, -0.2) is 19.0 Å². The number of rotatable bonds is 0. The van der Waals surface area contributed by atoms with Crippen molar-refractivity contribution in [1.82, 2.24) is 0 Å². The van der Waals surface area contributed by atoms with Crippen molar-refractivity contribution in [2.45, 2.75) is 45.3 Å². The molecule has 3 aliphatic rings. The van der Waals surface area contributed by atoms with Gasteiger partial charge in [-0.3, -0.25) is 0 Å². The highest BCUT2D eigenvalue weighted by Gasteiger charge is 2.63. The maximum absolute atomic E-state index is 5.85. The highest BCUT2D eigenvalue weighted by atomic mass is 16.7. The molecule has 2 nitrogen and oxygen atoms in total. The first-order valence-electron chi connectivity index (χ1n) is 5.92. The molecular weight excluding hydrogens is 188 g/mol. The highest BCUT2D eigenvalue weighted by Crippen LogP contribution is 2.67. The van der Waals surface area contributed by atoms with Crippen molar-refractivity contribution in [2.24, 2.45) is 10.8 Å². The normalized spacial score (nSPS) is 47.7. The minimum absolute atomic E-state index is 0.246. The van der Waals surface area contributed by atoms with Gasteiger partial charge < -0.3 is 9.47 Å². The van der Waals surface area contributed by atoms with Gasteiger partial charge in [-0.05, 0) is 23.7 Å². The van der Waals surface area contributed by atoms with Crippen LogP contribution in [0.5, 0.6) is 0 Å². The molecule has 1 unspecified atom stereocenters. The summed E-state index contributed by atoms with van der Waals surface area (Å²) in [7, 11) is 0. The van der Waals surface area contributed by atoms with Crippen LogP contribution in [0.3, 0.4) is 0 Å². The molecule has 84 valence electrons. The topological polar surface area (TPSA) is 18.5 Å². The van der Waals surface area contributed by atoms with Gasteiger partial charge in [0.1, 0.15) is 0 Å². The zero-order valence-electron chi connectivity index (χ0n) is 9.77. The summed E-state index contributed by atoms with van der Waals surface area (Å²) in [5.74, 6) is -0.246. The Morgan fingerprint density at radius 3 is 1.93 bits per heavy atom. The summed E-state index contributed by atoms with van der Waals surface area (Å²) in [4.78, 5) is 0. The summed E-state index contributed by atoms with van der Waals surface area (Å²) in [6.07, 6.45) is 4.40. The molecule has 0 bridgehead atoms. The van der Waals surface area contributed by atoms with Crippen molar-refractivity contribution in [3.8, 4) is 0 Å². The van der Waals surface area contributed by atoms with E-state index in [0.29, 0.717) is 10.8 Å². The number of hydrogen-bond acceptors (Lipinski definition) is 2. The van der Waals surface area contributed by atoms with Gasteiger partial charge in [-0.25, -0.2) is 0 Å². The van der Waals surface area contributed by atoms with E-state index in [1.54, 1.807) is 0 Å². The minimum atomic E-state index is -0.246. The van der Waals surface area contributed by atoms with E-state index in [2.05, 4.69) is 20.4 Å². The summed E-state index contributed by atoms with van der Waals surface area (Å²) < 4.78 is 11.7. The van der Waals surface area contributed by atoms with Crippen molar-refractivity contribution >= 4 is 0 Å². The molecule has 2 heteroatoms. The van der Waals surface area contributed by atoms with E-state index in [0.717, 1.165) is 38.9 Å². The molecule has 2 saturated carbocycles. The Morgan fingerprint density at radius 2 is 1.47 bits per heavy atom. The highest BCUT2D eigenvalue weighted by molar-refractivity contribution is 5.21. The summed E-state index contributed by atoms with van der Waals surface area (Å²) in [5.41, 5.74) is 2.09. The van der Waals surface area contributed by atoms with E-state index >= 15 is 0 Å². The first-order valence-corrected chi connectivity index (χ1v) is 5.92. The van der Waals surface area contributed by atoms with Gasteiger partial charge in [0.25, 0.3) is 0 Å². The minimum Gasteiger partial charge on any atom is -0.347 e. The Labute approximate surface area is 91.6 Å². The van der Waals surface area contributed by atoms with Gasteiger partial charge in [-0.2, -0.15) is 0 Å². The zero-order valence-corrected chi connectivity index (χ0v) is 9.77. The van der Waals surface area contributed by atoms with Gasteiger partial charge in [0.05, 0.1) is 13.2 Å². The summed E-state index contributed by atoms with van der Waals surface area (Å²) in [5, 5.41) is 0. The van der Waals surface area contributed by atoms with Gasteiger partial charge in [-0.15, -0.1) is 0 Å². The monoisotopic (exact) mass is 208 g/mol. The van der Waals surface area contributed by atoms with Gasteiger partial charge in [0, 0.05) is 12.8 Å². The van der Waals surface area contributed by atoms with Crippen molar-refractivity contribution in [3.05, 3.63) is 12.2 Å². The predicted molar refractivity (Wildman–Crippen MR) is 58.5 cm³/mol. The molecule has 1 aliphatic heterocycles. The molecule has 3 fully saturated rings. The fourth-order valence-corrected chi connectivity index (χ4v) is 4.10. The van der Waals surface area contributed by atoms with Crippen LogP contribution in [0.1, 0.15) is 39.5 Å². The van der Waals surface area contributed by atoms with Crippen molar-refractivity contribution in [3.63, 3.8) is 0 Å². The first kappa shape index (κ1) is 9.86. The van der Waals surface area contributed by atoms with E-state index in [-0.39, 0.29) is 5.79 Å². The molecule has 3 rings (SSSR count). The Morgan fingerprint density at radius 1 is 1.00 bits per heavy atom. The van der Waals surface area contributed by atoms with E-state index in [1.165, 1.54) is 5.57 Å². The largest absolute Gasteiger partial charge is 0.347 e. The van der Waals surface area contributed by atoms with Gasteiger partial charge >= 0.3 is 0 Å². The summed E-state index contributed by atoms with van der Waals surface area (Å²) in [6, 6.07) is 0. The molecule has 1 heterocycles. The lowest BCUT2D eigenvalue weighted by atomic mass is 9.71. The third kappa shape index (κ3) is 1.18. The molecule has 0 radical (unpaired) electrons. The Bertz CT molecular complexity index is 292. The van der Waals surface area contributed by atoms with Crippen LogP contribution in [0, 0.1) is 10.8 Å². The van der Waals surface area contributed by atoms with Crippen molar-refractivity contribution in [2.75, 3.05) is 13.2 Å². The third-order valence-corrected chi connectivity index (χ3v) is 4.87. The molecule has 0 aromatic heterocycles. The molecule has 0 aromatic carbocycles. The Hall–Kier alpha value is -0.340. The second-order valence-corrected chi connectivity index (χ2v) is 6.19. The van der Waals surface area contributed by atoms with Crippen LogP contribution in [0.4, 0.5) is 0 Å². The lowest BCUT2D eigenvalue weighted by Gasteiger charge is -2.32. The average Bonchev–Trinajstić information content (AvgIpc) is 2.62. The Kier molecular flexibility index (Phi) is 1.75. The van der Waals surface area contributed by atoms with E-state index in [9.17, 15) is 0 Å². The van der Waals surface area contributed by atoms with Gasteiger partial charge in [0.15, 0.2) is 5.79 Å². The molecule has 2 aliphatic carbocycles. The lowest BCUT2D eigenvalue weighted by Crippen LogP contribution is -2.28. The molecule has 15 heavy (non-hydrogen) atoms. The van der Waals surface area contributed by atoms with Crippen molar-refractivity contribution < 1.29 is 9.47 Å². The number of fused-ring (bicyclic) bond motifs is 1. The van der Waals surface area contributed by atoms with Crippen LogP contribution in [0.2, 0.25) is 0 Å². The fraction of sp³-hybridized carbons (Fsp3) is 0.846. The van der Waals surface area contributed by atoms with Crippen LogP contribution in [-0.2, 0) is 9.47 Å². The maximum Gasteiger partial charge on any atom is 0.169 e. The second kappa shape index (κ2) is 2.67. The quantitative estimate of drug-likeness (QED) is 0.570. The van der Waals surface area contributed by atoms with Crippen LogP contribution >= 0.6 is 0 Å². The number of ether oxygens (including phenoxy) is 2. The number of allylic oxidation sites excluding steroid dienone is 1. The van der Waals surface area contributed by atoms with Gasteiger partial charge in [0.2, 0.25) is 0 Å². The van der Waals surface area contributed by atoms with Crippen LogP contribution < -0.4 is 0 Å². The van der Waals surface area contributed by atoms with E-state index in [4.69, 9.17) is 9.47 Å². The molecule has 0 aromatic rings. The third-order valence-electron chi connectivity index (χ3n) is 4.87. The molecule has 2 atom stereocenters. The predicted octanol–water partition coefficient (Wildman–Crippen LogP) is 2.89. The number of hydrogen-bond donors (Lipinski definition) is 0. The van der Waals surface area contributed by atoms with Gasteiger partial charge in [-0.1, -0.05) is 26.0 Å². The standard InChI is InChI=1S/C13H20O2/c1-10-6-11(2)8-13(14-4-5-15-13)9-12(11,3)7-10/h1,4-9H2,2-3H3/t11-,12?/m0/s1. The summed E-state index contributed by atoms with van der Waals surface area (Å²) in [6.45, 7) is 10.5. The second-order valence-electron chi connectivity index (χ2n) is 6.19. The first-order chi connectivity index (χ1) is 6.97. The average molecular weight is 208 g/mol. The molecule has 0 N–H and O–H groups in total. The van der Waals surface area contributed by atoms with Crippen molar-refractivity contribution in [1.29, 1.82) is 0 Å². The molecule has 1 saturated heterocycles. The van der Waals surface area contributed by atoms with Crippen LogP contribution in [0.15, 0.2) is 12.2 Å². The SMILES string of the molecule is C=C1CC2(C)CC3(C[C@]2(C)C1)OCCO3. The maximum atomic E-state index is 5.85. The van der Waals surface area contributed by atoms with Crippen LogP contribution in [0.25, 0.3) is 0 Å². The molecule has 0 amide bonds. The van der Waals surface area contributed by atoms with E-state index in [1.807, 2.05) is 0 Å². The summed E-state index contributed by atoms with van der Waals surface area (Å²) >= 11 is 0. The molecular formula is C13H20O2. The lowest BCUT2D eigenvalue weighted by molar-refractivity contribution is -0.159.